The second-order valence-electron chi connectivity index (χ2n) is 22.8. The molecule has 16 nitrogen and oxygen atoms in total. The number of rotatable bonds is 23. The van der Waals surface area contributed by atoms with Crippen LogP contribution < -0.4 is 36.9 Å². The molecule has 0 radical (unpaired) electrons. The third-order valence-electron chi connectivity index (χ3n) is 16.2. The van der Waals surface area contributed by atoms with E-state index >= 15 is 0 Å². The summed E-state index contributed by atoms with van der Waals surface area (Å²) in [5.74, 6) is -2.02. The highest BCUT2D eigenvalue weighted by Gasteiger charge is 2.44. The Morgan fingerprint density at radius 2 is 0.916 bits per heavy atom. The monoisotopic (exact) mass is 1470 g/mol. The molecule has 10 rings (SSSR count). The Morgan fingerprint density at radius 1 is 0.547 bits per heavy atom. The van der Waals surface area contributed by atoms with E-state index in [1.165, 1.54) is 53.9 Å². The lowest BCUT2D eigenvalue weighted by Crippen LogP contribution is -2.61. The first-order valence-electron chi connectivity index (χ1n) is 29.8. The Bertz CT molecular complexity index is 4230. The molecule has 4 heterocycles. The van der Waals surface area contributed by atoms with Gasteiger partial charge in [0, 0.05) is 105 Å². The molecule has 2 aromatic heterocycles. The van der Waals surface area contributed by atoms with Crippen LogP contribution in [-0.2, 0) is 37.3 Å². The minimum absolute atomic E-state index is 0.0382. The standard InChI is InChI=1S/C34H32Cl3FN4O4S.C34H33Cl3FN3O5S2/c1-20(43)40-14-17-46-29-28(22-4-6-23(35)7-5-22)30(26-11-8-24(36)18-27(26)37)47-31(29)32(44)42-15-12-34(13-16-42,33(39)45)41-19-21-2-9-25(38)10-3-21;1-48(44,45)18-2-17-46-29-28(22-5-7-23(35)8-6-22)30(26-12-9-24(36)19-27(26)37)47-31(29)32(42)41-15-13-34(14-16-41,33(39)43)40-20-21-3-10-25(38)11-4-21/h2-11,18,41H,12-17,19H2,1H3,(H2,39,45)(H,40,43);3-12,19,40H,2,13-18,20H2,1H3,(H2,39,43). The Morgan fingerprint density at radius 3 is 1.26 bits per heavy atom. The number of carbonyl (C=O) groups is 5. The molecule has 0 unspecified atom stereocenters. The van der Waals surface area contributed by atoms with Crippen LogP contribution in [0.3, 0.4) is 0 Å². The lowest BCUT2D eigenvalue weighted by molar-refractivity contribution is -0.127. The summed E-state index contributed by atoms with van der Waals surface area (Å²) in [6, 6.07) is 36.4. The predicted octanol–water partition coefficient (Wildman–Crippen LogP) is 14.2. The number of primary amides is 2. The smallest absolute Gasteiger partial charge is 0.267 e. The predicted molar refractivity (Wildman–Crippen MR) is 375 cm³/mol. The zero-order chi connectivity index (χ0) is 68.4. The number of nitrogens with two attached hydrogens (primary N) is 2. The van der Waals surface area contributed by atoms with Gasteiger partial charge in [-0.1, -0.05) is 130 Å². The Kier molecular flexibility index (Phi) is 24.4. The molecule has 500 valence electrons. The first-order chi connectivity index (χ1) is 45.2. The fraction of sp³-hybridized carbons (Fsp3) is 0.279. The minimum atomic E-state index is -3.24. The number of amides is 5. The summed E-state index contributed by atoms with van der Waals surface area (Å²) in [6.45, 7) is 3.31. The average molecular weight is 1470 g/mol. The number of ether oxygens (including phenoxy) is 2. The summed E-state index contributed by atoms with van der Waals surface area (Å²) < 4.78 is 63.0. The Balaban J connectivity index is 0.000000223. The number of hydrogen-bond acceptors (Lipinski definition) is 13. The molecular weight excluding hydrogens is 1410 g/mol. The fourth-order valence-corrected chi connectivity index (χ4v) is 15.5. The van der Waals surface area contributed by atoms with Gasteiger partial charge in [-0.3, -0.25) is 34.6 Å². The Labute approximate surface area is 587 Å². The van der Waals surface area contributed by atoms with E-state index in [1.807, 2.05) is 24.3 Å². The van der Waals surface area contributed by atoms with Gasteiger partial charge in [-0.2, -0.15) is 0 Å². The number of benzene rings is 6. The number of halogens is 8. The topological polar surface area (TPSA) is 233 Å². The molecule has 95 heavy (non-hydrogen) atoms. The molecule has 2 saturated heterocycles. The number of thiophene rings is 2. The van der Waals surface area contributed by atoms with Crippen LogP contribution in [0.1, 0.15) is 69.5 Å². The van der Waals surface area contributed by atoms with Crippen molar-refractivity contribution in [3.63, 3.8) is 0 Å². The molecule has 2 aliphatic heterocycles. The van der Waals surface area contributed by atoms with Gasteiger partial charge >= 0.3 is 0 Å². The molecule has 0 bridgehead atoms. The van der Waals surface area contributed by atoms with Gasteiger partial charge in [0.1, 0.15) is 48.9 Å². The van der Waals surface area contributed by atoms with E-state index < -0.39 is 32.7 Å². The lowest BCUT2D eigenvalue weighted by Gasteiger charge is -2.40. The van der Waals surface area contributed by atoms with Crippen LogP contribution in [0.15, 0.2) is 133 Å². The molecule has 5 amide bonds. The molecule has 2 aliphatic rings. The van der Waals surface area contributed by atoms with Gasteiger partial charge in [-0.25, -0.2) is 17.2 Å². The molecule has 6 aromatic carbocycles. The lowest BCUT2D eigenvalue weighted by atomic mass is 9.86. The summed E-state index contributed by atoms with van der Waals surface area (Å²) in [5, 5.41) is 12.0. The van der Waals surface area contributed by atoms with E-state index in [-0.39, 0.29) is 113 Å². The van der Waals surface area contributed by atoms with Crippen molar-refractivity contribution in [3.8, 4) is 54.6 Å². The molecular formula is C68H65Cl6F2N7O9S3. The van der Waals surface area contributed by atoms with Crippen molar-refractivity contribution < 1.29 is 50.6 Å². The molecule has 7 N–H and O–H groups in total. The van der Waals surface area contributed by atoms with Crippen molar-refractivity contribution in [1.82, 2.24) is 25.8 Å². The van der Waals surface area contributed by atoms with Crippen molar-refractivity contribution in [2.24, 2.45) is 11.5 Å². The van der Waals surface area contributed by atoms with E-state index in [1.54, 1.807) is 94.7 Å². The normalized spacial score (nSPS) is 14.3. The van der Waals surface area contributed by atoms with E-state index in [4.69, 9.17) is 90.5 Å². The zero-order valence-electron chi connectivity index (χ0n) is 51.3. The van der Waals surface area contributed by atoms with Gasteiger partial charge in [0.2, 0.25) is 17.7 Å². The van der Waals surface area contributed by atoms with Gasteiger partial charge in [0.05, 0.1) is 28.9 Å². The summed E-state index contributed by atoms with van der Waals surface area (Å²) in [6.07, 6.45) is 2.43. The molecule has 0 saturated carbocycles. The molecule has 8 aromatic rings. The first kappa shape index (κ1) is 72.4. The minimum Gasteiger partial charge on any atom is -0.491 e. The number of carbonyl (C=O) groups excluding carboxylic acids is 5. The summed E-state index contributed by atoms with van der Waals surface area (Å²) in [5.41, 5.74) is 15.2. The maximum atomic E-state index is 14.3. The van der Waals surface area contributed by atoms with Crippen molar-refractivity contribution >= 4 is 132 Å². The second-order valence-corrected chi connectivity index (χ2v) is 29.7. The maximum absolute atomic E-state index is 14.3. The van der Waals surface area contributed by atoms with Gasteiger partial charge in [0.15, 0.2) is 11.5 Å². The van der Waals surface area contributed by atoms with Crippen LogP contribution >= 0.6 is 92.3 Å². The highest BCUT2D eigenvalue weighted by atomic mass is 35.5. The first-order valence-corrected chi connectivity index (χ1v) is 35.8. The molecule has 2 fully saturated rings. The van der Waals surface area contributed by atoms with Crippen molar-refractivity contribution in [3.05, 3.63) is 196 Å². The number of hydrogen-bond donors (Lipinski definition) is 5. The third-order valence-corrected chi connectivity index (χ3v) is 21.2. The summed E-state index contributed by atoms with van der Waals surface area (Å²) in [7, 11) is -3.24. The zero-order valence-corrected chi connectivity index (χ0v) is 58.3. The number of nitrogens with one attached hydrogen (secondary N) is 3. The SMILES string of the molecule is CC(=O)NCCOc1c(C(=O)N2CCC(NCc3ccc(F)cc3)(C(N)=O)CC2)sc(-c2ccc(Cl)cc2Cl)c1-c1ccc(Cl)cc1.CS(=O)(=O)CCCOc1c(C(=O)N2CCC(NCc3ccc(F)cc3)(C(N)=O)CC2)sc(-c2ccc(Cl)cc2Cl)c1-c1ccc(Cl)cc1. The van der Waals surface area contributed by atoms with Crippen LogP contribution in [0.25, 0.3) is 43.1 Å². The van der Waals surface area contributed by atoms with Gasteiger partial charge < -0.3 is 36.1 Å². The second kappa shape index (κ2) is 32.0. The van der Waals surface area contributed by atoms with Crippen LogP contribution in [0.4, 0.5) is 8.78 Å². The van der Waals surface area contributed by atoms with E-state index in [0.29, 0.717) is 102 Å². The van der Waals surface area contributed by atoms with Crippen molar-refractivity contribution in [2.75, 3.05) is 57.9 Å². The molecule has 0 spiro atoms. The van der Waals surface area contributed by atoms with Crippen LogP contribution in [-0.4, -0.2) is 117 Å². The van der Waals surface area contributed by atoms with E-state index in [0.717, 1.165) is 22.9 Å². The largest absolute Gasteiger partial charge is 0.491 e. The van der Waals surface area contributed by atoms with Crippen LogP contribution in [0, 0.1) is 11.6 Å². The van der Waals surface area contributed by atoms with Gasteiger partial charge in [0.25, 0.3) is 11.8 Å². The van der Waals surface area contributed by atoms with E-state index in [9.17, 15) is 41.2 Å². The summed E-state index contributed by atoms with van der Waals surface area (Å²) in [4.78, 5) is 70.9. The highest BCUT2D eigenvalue weighted by Crippen LogP contribution is 2.53. The third kappa shape index (κ3) is 18.2. The highest BCUT2D eigenvalue weighted by molar-refractivity contribution is 7.90. The quantitative estimate of drug-likeness (QED) is 0.0378. The Hall–Kier alpha value is -6.86. The van der Waals surface area contributed by atoms with Crippen molar-refractivity contribution in [2.45, 2.75) is 63.2 Å². The fourth-order valence-electron chi connectivity index (χ4n) is 11.0. The van der Waals surface area contributed by atoms with Crippen LogP contribution in [0.2, 0.25) is 30.1 Å². The van der Waals surface area contributed by atoms with E-state index in [2.05, 4.69) is 16.0 Å². The number of piperidine rings is 2. The molecule has 27 heteroatoms. The number of sulfone groups is 1. The van der Waals surface area contributed by atoms with Gasteiger partial charge in [-0.05, 0) is 127 Å². The van der Waals surface area contributed by atoms with Crippen molar-refractivity contribution in [1.29, 1.82) is 0 Å². The number of likely N-dealkylation sites (tertiary alicyclic amines) is 2. The van der Waals surface area contributed by atoms with Crippen LogP contribution in [0.5, 0.6) is 11.5 Å². The van der Waals surface area contributed by atoms with Gasteiger partial charge in [-0.15, -0.1) is 22.7 Å². The number of nitrogens with zero attached hydrogens (tertiary/aromatic N) is 2. The summed E-state index contributed by atoms with van der Waals surface area (Å²) >= 11 is 40.7. The molecule has 0 atom stereocenters. The average Bonchev–Trinajstić information content (AvgIpc) is 1.63. The molecule has 0 aliphatic carbocycles. The maximum Gasteiger partial charge on any atom is 0.267 e.